The minimum Gasteiger partial charge on any atom is -0.382 e. The average Bonchev–Trinajstić information content (AvgIpc) is 3.47. The lowest BCUT2D eigenvalue weighted by Crippen LogP contribution is -2.20. The summed E-state index contributed by atoms with van der Waals surface area (Å²) in [7, 11) is 1.63. The third-order valence-corrected chi connectivity index (χ3v) is 5.07. The molecule has 0 spiro atoms. The monoisotopic (exact) mass is 487 g/mol. The Morgan fingerprint density at radius 2 is 1.63 bits per heavy atom. The van der Waals surface area contributed by atoms with Crippen LogP contribution in [0.15, 0.2) is 24.5 Å². The molecule has 0 saturated heterocycles. The minimum atomic E-state index is -0.520. The number of carbonyl (C=O) groups excluding carboxylic acids is 2. The molecule has 3 heterocycles. The molecular formula is C24H33N5O6. The van der Waals surface area contributed by atoms with Gasteiger partial charge in [-0.05, 0) is 12.1 Å². The fourth-order valence-electron chi connectivity index (χ4n) is 3.17. The zero-order valence-electron chi connectivity index (χ0n) is 20.7. The van der Waals surface area contributed by atoms with Gasteiger partial charge in [0.25, 0.3) is 0 Å². The first-order valence-electron chi connectivity index (χ1n) is 11.5. The highest BCUT2D eigenvalue weighted by molar-refractivity contribution is 6.09. The lowest BCUT2D eigenvalue weighted by molar-refractivity contribution is 0.00244. The van der Waals surface area contributed by atoms with E-state index in [9.17, 15) is 9.59 Å². The van der Waals surface area contributed by atoms with Crippen molar-refractivity contribution >= 4 is 22.6 Å². The molecule has 1 N–H and O–H groups in total. The van der Waals surface area contributed by atoms with Crippen LogP contribution >= 0.6 is 0 Å². The highest BCUT2D eigenvalue weighted by Crippen LogP contribution is 2.23. The zero-order chi connectivity index (χ0) is 25.3. The van der Waals surface area contributed by atoms with E-state index in [2.05, 4.69) is 20.3 Å². The number of ketones is 2. The van der Waals surface area contributed by atoms with Crippen molar-refractivity contribution in [3.8, 4) is 0 Å². The van der Waals surface area contributed by atoms with Crippen LogP contribution in [0.25, 0.3) is 11.0 Å². The van der Waals surface area contributed by atoms with Crippen molar-refractivity contribution in [2.24, 2.45) is 5.41 Å². The first-order valence-corrected chi connectivity index (χ1v) is 11.5. The largest absolute Gasteiger partial charge is 0.382 e. The van der Waals surface area contributed by atoms with Crippen LogP contribution in [0.1, 0.15) is 47.3 Å². The number of Topliss-reactive ketones (excluding diaryl/α,β-unsaturated/α-hetero) is 1. The molecule has 0 aliphatic heterocycles. The van der Waals surface area contributed by atoms with E-state index in [1.165, 1.54) is 6.20 Å². The van der Waals surface area contributed by atoms with Crippen LogP contribution in [0.5, 0.6) is 0 Å². The van der Waals surface area contributed by atoms with Crippen molar-refractivity contribution in [2.75, 3.05) is 53.4 Å². The molecule has 3 aromatic rings. The minimum absolute atomic E-state index is 0.0212. The zero-order valence-corrected chi connectivity index (χ0v) is 20.7. The van der Waals surface area contributed by atoms with Crippen molar-refractivity contribution in [1.29, 1.82) is 0 Å². The summed E-state index contributed by atoms with van der Waals surface area (Å²) in [6.45, 7) is 9.47. The molecular weight excluding hydrogens is 454 g/mol. The number of carbonyl (C=O) groups is 2. The van der Waals surface area contributed by atoms with Crippen molar-refractivity contribution < 1.29 is 28.5 Å². The number of rotatable bonds is 15. The van der Waals surface area contributed by atoms with Crippen molar-refractivity contribution in [2.45, 2.75) is 27.3 Å². The standard InChI is InChI=1S/C24H33N5O6/c1-24(2,3)22(31)19-14-17-13-18(15-25-23(17)26-19)21(30)20-16-29(28-27-20)5-6-33-9-10-35-12-11-34-8-7-32-4/h13-16H,5-12H2,1-4H3,(H,25,26). The number of nitrogens with one attached hydrogen (secondary N) is 1. The van der Waals surface area contributed by atoms with Gasteiger partial charge >= 0.3 is 0 Å². The molecule has 0 saturated carbocycles. The topological polar surface area (TPSA) is 130 Å². The number of pyridine rings is 1. The third-order valence-electron chi connectivity index (χ3n) is 5.07. The first kappa shape index (κ1) is 26.6. The summed E-state index contributed by atoms with van der Waals surface area (Å²) in [6.07, 6.45) is 3.05. The van der Waals surface area contributed by atoms with Gasteiger partial charge in [-0.2, -0.15) is 0 Å². The summed E-state index contributed by atoms with van der Waals surface area (Å²) >= 11 is 0. The predicted octanol–water partition coefficient (Wildman–Crippen LogP) is 2.31. The van der Waals surface area contributed by atoms with E-state index in [1.54, 1.807) is 30.1 Å². The van der Waals surface area contributed by atoms with Gasteiger partial charge in [-0.25, -0.2) is 9.67 Å². The normalized spacial score (nSPS) is 11.9. The number of nitrogens with zero attached hydrogens (tertiary/aromatic N) is 4. The van der Waals surface area contributed by atoms with Crippen molar-refractivity contribution in [3.05, 3.63) is 41.5 Å². The molecule has 0 bridgehead atoms. The van der Waals surface area contributed by atoms with E-state index in [0.717, 1.165) is 0 Å². The maximum Gasteiger partial charge on any atom is 0.216 e. The van der Waals surface area contributed by atoms with E-state index < -0.39 is 5.41 Å². The molecule has 0 fully saturated rings. The second kappa shape index (κ2) is 12.6. The molecule has 11 nitrogen and oxygen atoms in total. The second-order valence-electron chi connectivity index (χ2n) is 8.95. The van der Waals surface area contributed by atoms with Gasteiger partial charge < -0.3 is 23.9 Å². The number of fused-ring (bicyclic) bond motifs is 1. The molecule has 0 amide bonds. The molecule has 3 aromatic heterocycles. The number of methoxy groups -OCH3 is 1. The number of aromatic nitrogens is 5. The molecule has 0 aromatic carbocycles. The Labute approximate surface area is 204 Å². The first-order chi connectivity index (χ1) is 16.8. The van der Waals surface area contributed by atoms with Gasteiger partial charge in [0.2, 0.25) is 5.78 Å². The summed E-state index contributed by atoms with van der Waals surface area (Å²) in [5, 5.41) is 8.67. The van der Waals surface area contributed by atoms with Gasteiger partial charge in [-0.15, -0.1) is 5.10 Å². The maximum absolute atomic E-state index is 12.9. The SMILES string of the molecule is COCCOCCOCCOCCn1cc(C(=O)c2cnc3[nH]c(C(=O)C(C)(C)C)cc3c2)nn1. The second-order valence-corrected chi connectivity index (χ2v) is 8.95. The fraction of sp³-hybridized carbons (Fsp3) is 0.542. The summed E-state index contributed by atoms with van der Waals surface area (Å²) in [6, 6.07) is 3.42. The van der Waals surface area contributed by atoms with E-state index in [-0.39, 0.29) is 17.3 Å². The van der Waals surface area contributed by atoms with Crippen LogP contribution in [0.2, 0.25) is 0 Å². The lowest BCUT2D eigenvalue weighted by atomic mass is 9.89. The van der Waals surface area contributed by atoms with Gasteiger partial charge in [0.15, 0.2) is 11.5 Å². The van der Waals surface area contributed by atoms with E-state index >= 15 is 0 Å². The Bertz CT molecular complexity index is 1120. The van der Waals surface area contributed by atoms with Crippen LogP contribution in [-0.2, 0) is 25.5 Å². The van der Waals surface area contributed by atoms with Gasteiger partial charge in [0.1, 0.15) is 5.65 Å². The smallest absolute Gasteiger partial charge is 0.216 e. The quantitative estimate of drug-likeness (QED) is 0.253. The fourth-order valence-corrected chi connectivity index (χ4v) is 3.17. The molecule has 0 unspecified atom stereocenters. The summed E-state index contributed by atoms with van der Waals surface area (Å²) in [4.78, 5) is 32.7. The van der Waals surface area contributed by atoms with E-state index in [1.807, 2.05) is 20.8 Å². The van der Waals surface area contributed by atoms with Crippen LogP contribution < -0.4 is 0 Å². The molecule has 11 heteroatoms. The predicted molar refractivity (Wildman–Crippen MR) is 128 cm³/mol. The van der Waals surface area contributed by atoms with Crippen molar-refractivity contribution in [3.63, 3.8) is 0 Å². The van der Waals surface area contributed by atoms with Crippen molar-refractivity contribution in [1.82, 2.24) is 25.0 Å². The number of H-pyrrole nitrogens is 1. The van der Waals surface area contributed by atoms with Gasteiger partial charge in [0, 0.05) is 29.7 Å². The summed E-state index contributed by atoms with van der Waals surface area (Å²) in [5.41, 5.74) is 1.09. The Hall–Kier alpha value is -2.99. The number of hydrogen-bond donors (Lipinski definition) is 1. The summed E-state index contributed by atoms with van der Waals surface area (Å²) in [5.74, 6) is -0.315. The maximum atomic E-state index is 12.9. The lowest BCUT2D eigenvalue weighted by Gasteiger charge is -2.14. The highest BCUT2D eigenvalue weighted by atomic mass is 16.6. The van der Waals surface area contributed by atoms with E-state index in [4.69, 9.17) is 18.9 Å². The molecule has 3 rings (SSSR count). The number of hydrogen-bond acceptors (Lipinski definition) is 9. The Morgan fingerprint density at radius 1 is 0.971 bits per heavy atom. The molecule has 35 heavy (non-hydrogen) atoms. The highest BCUT2D eigenvalue weighted by Gasteiger charge is 2.25. The molecule has 0 aliphatic carbocycles. The molecule has 0 atom stereocenters. The van der Waals surface area contributed by atoms with Gasteiger partial charge in [-0.3, -0.25) is 9.59 Å². The van der Waals surface area contributed by atoms with Gasteiger partial charge in [-0.1, -0.05) is 26.0 Å². The molecule has 0 radical (unpaired) electrons. The average molecular weight is 488 g/mol. The number of ether oxygens (including phenoxy) is 4. The van der Waals surface area contributed by atoms with Gasteiger partial charge in [0.05, 0.1) is 64.7 Å². The van der Waals surface area contributed by atoms with Crippen LogP contribution in [-0.4, -0.2) is 89.9 Å². The Morgan fingerprint density at radius 3 is 2.29 bits per heavy atom. The van der Waals surface area contributed by atoms with E-state index in [0.29, 0.717) is 75.1 Å². The molecule has 0 aliphatic rings. The Balaban J connectivity index is 1.44. The Kier molecular flexibility index (Phi) is 9.61. The van der Waals surface area contributed by atoms with Crippen LogP contribution in [0, 0.1) is 5.41 Å². The van der Waals surface area contributed by atoms with Crippen LogP contribution in [0.3, 0.4) is 0 Å². The van der Waals surface area contributed by atoms with Crippen LogP contribution in [0.4, 0.5) is 0 Å². The summed E-state index contributed by atoms with van der Waals surface area (Å²) < 4.78 is 22.7. The molecule has 190 valence electrons. The third kappa shape index (κ3) is 7.76. The number of aromatic amines is 1.